The van der Waals surface area contributed by atoms with Crippen LogP contribution in [0.25, 0.3) is 0 Å². The Morgan fingerprint density at radius 2 is 2.33 bits per heavy atom. The maximum atomic E-state index is 11.1. The number of ether oxygens (including phenoxy) is 1. The molecule has 6 heteroatoms. The average molecular weight is 211 g/mol. The molecule has 1 aromatic rings. The predicted octanol–water partition coefficient (Wildman–Crippen LogP) is -0.194. The summed E-state index contributed by atoms with van der Waals surface area (Å²) < 4.78 is 6.11. The van der Waals surface area contributed by atoms with Crippen LogP contribution in [-0.4, -0.2) is 35.3 Å². The highest BCUT2D eigenvalue weighted by Gasteiger charge is 2.09. The third-order valence-corrected chi connectivity index (χ3v) is 1.70. The van der Waals surface area contributed by atoms with Gasteiger partial charge in [0.25, 0.3) is 5.91 Å². The molecule has 0 aliphatic heterocycles. The van der Waals surface area contributed by atoms with E-state index in [0.29, 0.717) is 6.61 Å². The molecule has 1 rings (SSSR count). The molecule has 1 aromatic heterocycles. The largest absolute Gasteiger partial charge is 0.465 e. The zero-order chi connectivity index (χ0) is 11.3. The first-order valence-corrected chi connectivity index (χ1v) is 4.58. The Labute approximate surface area is 87.2 Å². The van der Waals surface area contributed by atoms with Crippen LogP contribution in [0.2, 0.25) is 0 Å². The van der Waals surface area contributed by atoms with E-state index in [2.05, 4.69) is 10.4 Å². The first-order chi connectivity index (χ1) is 7.17. The minimum atomic E-state index is -0.371. The zero-order valence-electron chi connectivity index (χ0n) is 8.69. The van der Waals surface area contributed by atoms with Gasteiger partial charge in [-0.15, -0.1) is 0 Å². The van der Waals surface area contributed by atoms with Crippen molar-refractivity contribution in [2.45, 2.75) is 13.5 Å². The van der Waals surface area contributed by atoms with Crippen molar-refractivity contribution in [3.8, 4) is 0 Å². The molecular weight excluding hydrogens is 198 g/mol. The minimum absolute atomic E-state index is 0.0187. The molecule has 0 radical (unpaired) electrons. The van der Waals surface area contributed by atoms with E-state index in [1.54, 1.807) is 13.1 Å². The molecule has 1 N–H and O–H groups in total. The molecular formula is C9H13N3O3. The number of amides is 1. The highest BCUT2D eigenvalue weighted by molar-refractivity contribution is 5.91. The number of hydrogen-bond acceptors (Lipinski definition) is 4. The Hall–Kier alpha value is -1.85. The molecule has 15 heavy (non-hydrogen) atoms. The van der Waals surface area contributed by atoms with Gasteiger partial charge in [-0.05, 0) is 13.0 Å². The number of nitrogens with zero attached hydrogens (tertiary/aromatic N) is 2. The Kier molecular flexibility index (Phi) is 3.84. The lowest BCUT2D eigenvalue weighted by molar-refractivity contribution is -0.144. The monoisotopic (exact) mass is 211 g/mol. The van der Waals surface area contributed by atoms with Crippen LogP contribution < -0.4 is 5.32 Å². The standard InChI is InChI=1S/C9H13N3O3/c1-3-15-8(13)6-12-5-4-7(11-12)9(14)10-2/h4-5H,3,6H2,1-2H3,(H,10,14). The van der Waals surface area contributed by atoms with Crippen molar-refractivity contribution in [2.75, 3.05) is 13.7 Å². The van der Waals surface area contributed by atoms with Crippen molar-refractivity contribution in [3.63, 3.8) is 0 Å². The molecule has 0 aromatic carbocycles. The second-order valence-corrected chi connectivity index (χ2v) is 2.78. The highest BCUT2D eigenvalue weighted by Crippen LogP contribution is 1.96. The molecule has 0 saturated carbocycles. The summed E-state index contributed by atoms with van der Waals surface area (Å²) in [7, 11) is 1.52. The van der Waals surface area contributed by atoms with E-state index in [4.69, 9.17) is 4.74 Å². The summed E-state index contributed by atoms with van der Waals surface area (Å²) >= 11 is 0. The van der Waals surface area contributed by atoms with E-state index in [1.807, 2.05) is 0 Å². The maximum absolute atomic E-state index is 11.1. The van der Waals surface area contributed by atoms with E-state index in [-0.39, 0.29) is 24.1 Å². The van der Waals surface area contributed by atoms with Crippen molar-refractivity contribution in [1.29, 1.82) is 0 Å². The first-order valence-electron chi connectivity index (χ1n) is 4.58. The second kappa shape index (κ2) is 5.14. The average Bonchev–Trinajstić information content (AvgIpc) is 2.65. The van der Waals surface area contributed by atoms with Crippen LogP contribution in [-0.2, 0) is 16.1 Å². The van der Waals surface area contributed by atoms with Gasteiger partial charge in [-0.1, -0.05) is 0 Å². The van der Waals surface area contributed by atoms with Crippen LogP contribution in [0.5, 0.6) is 0 Å². The second-order valence-electron chi connectivity index (χ2n) is 2.78. The molecule has 82 valence electrons. The van der Waals surface area contributed by atoms with Crippen molar-refractivity contribution in [2.24, 2.45) is 0 Å². The lowest BCUT2D eigenvalue weighted by Gasteiger charge is -2.01. The van der Waals surface area contributed by atoms with Gasteiger partial charge in [0.15, 0.2) is 0 Å². The first kappa shape index (κ1) is 11.2. The molecule has 1 heterocycles. The van der Waals surface area contributed by atoms with E-state index in [0.717, 1.165) is 0 Å². The number of rotatable bonds is 4. The van der Waals surface area contributed by atoms with Gasteiger partial charge in [0, 0.05) is 13.2 Å². The van der Waals surface area contributed by atoms with Crippen LogP contribution in [0.4, 0.5) is 0 Å². The van der Waals surface area contributed by atoms with Crippen molar-refractivity contribution >= 4 is 11.9 Å². The molecule has 0 saturated heterocycles. The molecule has 0 bridgehead atoms. The lowest BCUT2D eigenvalue weighted by atomic mass is 10.4. The number of carbonyl (C=O) groups excluding carboxylic acids is 2. The molecule has 0 fully saturated rings. The van der Waals surface area contributed by atoms with Gasteiger partial charge >= 0.3 is 5.97 Å². The van der Waals surface area contributed by atoms with E-state index >= 15 is 0 Å². The summed E-state index contributed by atoms with van der Waals surface area (Å²) in [4.78, 5) is 22.2. The predicted molar refractivity (Wildman–Crippen MR) is 52.3 cm³/mol. The van der Waals surface area contributed by atoms with Gasteiger partial charge in [0.1, 0.15) is 12.2 Å². The number of carbonyl (C=O) groups is 2. The smallest absolute Gasteiger partial charge is 0.327 e. The SMILES string of the molecule is CCOC(=O)Cn1ccc(C(=O)NC)n1. The lowest BCUT2D eigenvalue weighted by Crippen LogP contribution is -2.19. The zero-order valence-corrected chi connectivity index (χ0v) is 8.69. The number of hydrogen-bond donors (Lipinski definition) is 1. The van der Waals surface area contributed by atoms with E-state index < -0.39 is 0 Å². The minimum Gasteiger partial charge on any atom is -0.465 e. The summed E-state index contributed by atoms with van der Waals surface area (Å²) in [6, 6.07) is 1.54. The quantitative estimate of drug-likeness (QED) is 0.700. The Balaban J connectivity index is 2.60. The fourth-order valence-electron chi connectivity index (χ4n) is 1.04. The molecule has 0 aliphatic carbocycles. The van der Waals surface area contributed by atoms with Gasteiger partial charge in [-0.3, -0.25) is 14.3 Å². The number of nitrogens with one attached hydrogen (secondary N) is 1. The van der Waals surface area contributed by atoms with Crippen LogP contribution in [0.1, 0.15) is 17.4 Å². The maximum Gasteiger partial charge on any atom is 0.327 e. The highest BCUT2D eigenvalue weighted by atomic mass is 16.5. The van der Waals surface area contributed by atoms with E-state index in [1.165, 1.54) is 17.8 Å². The van der Waals surface area contributed by atoms with Gasteiger partial charge in [-0.2, -0.15) is 5.10 Å². The summed E-state index contributed by atoms with van der Waals surface area (Å²) in [5.74, 6) is -0.651. The fourth-order valence-corrected chi connectivity index (χ4v) is 1.04. The van der Waals surface area contributed by atoms with Crippen LogP contribution in [0, 0.1) is 0 Å². The molecule has 1 amide bonds. The van der Waals surface area contributed by atoms with E-state index in [9.17, 15) is 9.59 Å². The fraction of sp³-hybridized carbons (Fsp3) is 0.444. The van der Waals surface area contributed by atoms with Gasteiger partial charge in [-0.25, -0.2) is 0 Å². The van der Waals surface area contributed by atoms with Crippen molar-refractivity contribution in [1.82, 2.24) is 15.1 Å². The van der Waals surface area contributed by atoms with Gasteiger partial charge < -0.3 is 10.1 Å². The Morgan fingerprint density at radius 1 is 1.60 bits per heavy atom. The van der Waals surface area contributed by atoms with Crippen molar-refractivity contribution < 1.29 is 14.3 Å². The van der Waals surface area contributed by atoms with Gasteiger partial charge in [0.2, 0.25) is 0 Å². The van der Waals surface area contributed by atoms with Crippen molar-refractivity contribution in [3.05, 3.63) is 18.0 Å². The van der Waals surface area contributed by atoms with Gasteiger partial charge in [0.05, 0.1) is 6.61 Å². The molecule has 0 aliphatic rings. The Morgan fingerprint density at radius 3 is 2.93 bits per heavy atom. The van der Waals surface area contributed by atoms with Crippen LogP contribution in [0.3, 0.4) is 0 Å². The van der Waals surface area contributed by atoms with Crippen LogP contribution in [0.15, 0.2) is 12.3 Å². The topological polar surface area (TPSA) is 73.2 Å². The number of aromatic nitrogens is 2. The molecule has 0 spiro atoms. The summed E-state index contributed by atoms with van der Waals surface area (Å²) in [6.45, 7) is 2.09. The normalized spacial score (nSPS) is 9.73. The summed E-state index contributed by atoms with van der Waals surface area (Å²) in [5, 5.41) is 6.35. The third-order valence-electron chi connectivity index (χ3n) is 1.70. The Bertz CT molecular complexity index is 359. The summed E-state index contributed by atoms with van der Waals surface area (Å²) in [5.41, 5.74) is 0.279. The molecule has 0 atom stereocenters. The molecule has 0 unspecified atom stereocenters. The molecule has 6 nitrogen and oxygen atoms in total. The number of esters is 1. The third kappa shape index (κ3) is 3.08. The van der Waals surface area contributed by atoms with Crippen LogP contribution >= 0.6 is 0 Å². The summed E-state index contributed by atoms with van der Waals surface area (Å²) in [6.07, 6.45) is 1.56.